The number of aromatic nitrogens is 2. The van der Waals surface area contributed by atoms with E-state index in [1.54, 1.807) is 0 Å². The van der Waals surface area contributed by atoms with Crippen LogP contribution in [0.15, 0.2) is 0 Å². The Hall–Kier alpha value is -0.730. The van der Waals surface area contributed by atoms with E-state index in [-0.39, 0.29) is 0 Å². The van der Waals surface area contributed by atoms with Gasteiger partial charge in [-0.1, -0.05) is 6.92 Å². The fourth-order valence-corrected chi connectivity index (χ4v) is 3.17. The first-order valence-corrected chi connectivity index (χ1v) is 8.44. The molecule has 104 valence electrons. The summed E-state index contributed by atoms with van der Waals surface area (Å²) in [6.45, 7) is 6.16. The van der Waals surface area contributed by atoms with Crippen LogP contribution in [0.4, 0.5) is 5.13 Å². The number of nitrogens with zero attached hydrogens (tertiary/aromatic N) is 2. The molecule has 0 amide bonds. The average Bonchev–Trinajstić information content (AvgIpc) is 2.60. The van der Waals surface area contributed by atoms with Gasteiger partial charge >= 0.3 is 0 Å². The Balaban J connectivity index is 2.53. The van der Waals surface area contributed by atoms with E-state index in [4.69, 9.17) is 0 Å². The molecule has 18 heavy (non-hydrogen) atoms. The van der Waals surface area contributed by atoms with Crippen molar-refractivity contribution in [3.05, 3.63) is 5.82 Å². The number of nitrogens with one attached hydrogen (secondary N) is 2. The highest BCUT2D eigenvalue weighted by Gasteiger charge is 2.22. The lowest BCUT2D eigenvalue weighted by atomic mass is 10.1. The number of hydrogen-bond donors (Lipinski definition) is 2. The maximum Gasteiger partial charge on any atom is 0.209 e. The number of hydrogen-bond acceptors (Lipinski definition) is 6. The summed E-state index contributed by atoms with van der Waals surface area (Å²) >= 11 is 1.30. The third kappa shape index (κ3) is 5.74. The quantitative estimate of drug-likeness (QED) is 0.789. The molecule has 0 saturated heterocycles. The van der Waals surface area contributed by atoms with E-state index in [1.165, 1.54) is 11.5 Å². The third-order valence-corrected chi connectivity index (χ3v) is 3.72. The summed E-state index contributed by atoms with van der Waals surface area (Å²) in [6.07, 6.45) is 3.03. The number of aryl methyl sites for hydroxylation is 1. The highest BCUT2D eigenvalue weighted by Crippen LogP contribution is 2.14. The van der Waals surface area contributed by atoms with Crippen molar-refractivity contribution in [3.63, 3.8) is 0 Å². The first-order valence-electron chi connectivity index (χ1n) is 5.77. The monoisotopic (exact) mass is 292 g/mol. The molecule has 0 saturated carbocycles. The van der Waals surface area contributed by atoms with Crippen LogP contribution in [0.3, 0.4) is 0 Å². The molecule has 0 aromatic carbocycles. The summed E-state index contributed by atoms with van der Waals surface area (Å²) in [5.74, 6) is 0.832. The molecular weight excluding hydrogens is 272 g/mol. The van der Waals surface area contributed by atoms with Gasteiger partial charge in [-0.3, -0.25) is 0 Å². The Labute approximate surface area is 112 Å². The molecule has 1 rings (SSSR count). The Morgan fingerprint density at radius 2 is 2.06 bits per heavy atom. The molecule has 2 N–H and O–H groups in total. The van der Waals surface area contributed by atoms with Crippen molar-refractivity contribution in [2.24, 2.45) is 0 Å². The second kappa shape index (κ2) is 5.94. The van der Waals surface area contributed by atoms with Gasteiger partial charge in [-0.2, -0.15) is 4.37 Å². The summed E-state index contributed by atoms with van der Waals surface area (Å²) in [7, 11) is -3.21. The maximum absolute atomic E-state index is 11.2. The number of rotatable bonds is 7. The molecule has 0 radical (unpaired) electrons. The minimum absolute atomic E-state index is 0.459. The van der Waals surface area contributed by atoms with Crippen LogP contribution in [0.5, 0.6) is 0 Å². The fraction of sp³-hybridized carbons (Fsp3) is 0.800. The first-order chi connectivity index (χ1) is 8.22. The van der Waals surface area contributed by atoms with E-state index < -0.39 is 15.6 Å². The van der Waals surface area contributed by atoms with Crippen LogP contribution in [-0.2, 0) is 16.4 Å². The molecule has 1 aromatic rings. The van der Waals surface area contributed by atoms with E-state index in [0.717, 1.165) is 30.1 Å². The van der Waals surface area contributed by atoms with Crippen LogP contribution in [0.25, 0.3) is 0 Å². The molecule has 0 fully saturated rings. The second-order valence-corrected chi connectivity index (χ2v) is 7.38. The maximum atomic E-state index is 11.2. The van der Waals surface area contributed by atoms with Crippen LogP contribution in [0.1, 0.15) is 33.0 Å². The van der Waals surface area contributed by atoms with Gasteiger partial charge in [0.25, 0.3) is 0 Å². The zero-order chi connectivity index (χ0) is 13.8. The zero-order valence-electron chi connectivity index (χ0n) is 11.1. The molecule has 8 heteroatoms. The average molecular weight is 292 g/mol. The van der Waals surface area contributed by atoms with Crippen molar-refractivity contribution in [3.8, 4) is 0 Å². The predicted octanol–water partition coefficient (Wildman–Crippen LogP) is 1.23. The standard InChI is InChI=1S/C10H20N4O2S2/c1-5-6-8-12-9(17-13-8)11-7-10(2,3)14-18(4,15)16/h14H,5-7H2,1-4H3,(H,11,12,13). The van der Waals surface area contributed by atoms with Gasteiger partial charge in [0.15, 0.2) is 0 Å². The van der Waals surface area contributed by atoms with Crippen LogP contribution in [0, 0.1) is 0 Å². The van der Waals surface area contributed by atoms with Crippen molar-refractivity contribution < 1.29 is 8.42 Å². The van der Waals surface area contributed by atoms with Crippen molar-refractivity contribution in [1.29, 1.82) is 0 Å². The van der Waals surface area contributed by atoms with Crippen LogP contribution in [0.2, 0.25) is 0 Å². The minimum Gasteiger partial charge on any atom is -0.358 e. The second-order valence-electron chi connectivity index (χ2n) is 4.88. The van der Waals surface area contributed by atoms with Gasteiger partial charge in [0.05, 0.1) is 6.26 Å². The third-order valence-electron chi connectivity index (χ3n) is 2.08. The van der Waals surface area contributed by atoms with Gasteiger partial charge in [0.1, 0.15) is 5.82 Å². The summed E-state index contributed by atoms with van der Waals surface area (Å²) in [5, 5.41) is 3.83. The molecule has 6 nitrogen and oxygen atoms in total. The first kappa shape index (κ1) is 15.3. The van der Waals surface area contributed by atoms with Gasteiger partial charge in [-0.05, 0) is 20.3 Å². The van der Waals surface area contributed by atoms with Crippen LogP contribution in [-0.4, -0.2) is 36.1 Å². The largest absolute Gasteiger partial charge is 0.358 e. The Kier molecular flexibility index (Phi) is 5.06. The van der Waals surface area contributed by atoms with E-state index in [2.05, 4.69) is 26.3 Å². The summed E-state index contributed by atoms with van der Waals surface area (Å²) in [4.78, 5) is 4.32. The van der Waals surface area contributed by atoms with E-state index in [9.17, 15) is 8.42 Å². The lowest BCUT2D eigenvalue weighted by Crippen LogP contribution is -2.47. The molecular formula is C10H20N4O2S2. The van der Waals surface area contributed by atoms with Crippen molar-refractivity contribution in [2.45, 2.75) is 39.2 Å². The van der Waals surface area contributed by atoms with E-state index in [0.29, 0.717) is 6.54 Å². The lowest BCUT2D eigenvalue weighted by molar-refractivity contribution is 0.476. The molecule has 0 aliphatic rings. The topological polar surface area (TPSA) is 84.0 Å². The number of anilines is 1. The number of sulfonamides is 1. The fourth-order valence-electron chi connectivity index (χ4n) is 1.49. The highest BCUT2D eigenvalue weighted by atomic mass is 32.2. The van der Waals surface area contributed by atoms with Gasteiger partial charge in [-0.15, -0.1) is 0 Å². The molecule has 0 aliphatic carbocycles. The highest BCUT2D eigenvalue weighted by molar-refractivity contribution is 7.88. The van der Waals surface area contributed by atoms with Gasteiger partial charge in [0, 0.05) is 30.0 Å². The Bertz CT molecular complexity index is 482. The molecule has 0 spiro atoms. The van der Waals surface area contributed by atoms with Crippen molar-refractivity contribution in [2.75, 3.05) is 18.1 Å². The summed E-state index contributed by atoms with van der Waals surface area (Å²) < 4.78 is 29.1. The molecule has 0 unspecified atom stereocenters. The predicted molar refractivity (Wildman–Crippen MR) is 74.5 cm³/mol. The summed E-state index contributed by atoms with van der Waals surface area (Å²) in [6, 6.07) is 0. The molecule has 0 atom stereocenters. The van der Waals surface area contributed by atoms with E-state index >= 15 is 0 Å². The molecule has 0 aliphatic heterocycles. The molecule has 0 bridgehead atoms. The van der Waals surface area contributed by atoms with Crippen LogP contribution < -0.4 is 10.0 Å². The molecule has 1 heterocycles. The van der Waals surface area contributed by atoms with Gasteiger partial charge in [-0.25, -0.2) is 18.1 Å². The molecule has 1 aromatic heterocycles. The van der Waals surface area contributed by atoms with Gasteiger partial charge in [0.2, 0.25) is 15.2 Å². The zero-order valence-corrected chi connectivity index (χ0v) is 12.8. The lowest BCUT2D eigenvalue weighted by Gasteiger charge is -2.24. The van der Waals surface area contributed by atoms with Crippen molar-refractivity contribution in [1.82, 2.24) is 14.1 Å². The minimum atomic E-state index is -3.21. The smallest absolute Gasteiger partial charge is 0.209 e. The normalized spacial score (nSPS) is 12.7. The Morgan fingerprint density at radius 3 is 2.61 bits per heavy atom. The van der Waals surface area contributed by atoms with Crippen LogP contribution >= 0.6 is 11.5 Å². The SMILES string of the molecule is CCCc1nsc(NCC(C)(C)NS(C)(=O)=O)n1. The van der Waals surface area contributed by atoms with E-state index in [1.807, 2.05) is 13.8 Å². The Morgan fingerprint density at radius 1 is 1.39 bits per heavy atom. The van der Waals surface area contributed by atoms with Gasteiger partial charge < -0.3 is 5.32 Å². The summed E-state index contributed by atoms with van der Waals surface area (Å²) in [5.41, 5.74) is -0.565. The van der Waals surface area contributed by atoms with Crippen molar-refractivity contribution >= 4 is 26.7 Å².